The summed E-state index contributed by atoms with van der Waals surface area (Å²) >= 11 is 1.78. The maximum absolute atomic E-state index is 5.68. The summed E-state index contributed by atoms with van der Waals surface area (Å²) in [6.07, 6.45) is 0. The van der Waals surface area contributed by atoms with Crippen LogP contribution in [0.1, 0.15) is 5.69 Å². The van der Waals surface area contributed by atoms with Crippen LogP contribution in [0.2, 0.25) is 0 Å². The number of nitrogens with two attached hydrogens (primary N) is 1. The average molecular weight is 266 g/mol. The fourth-order valence-corrected chi connectivity index (χ4v) is 2.84. The zero-order valence-electron chi connectivity index (χ0n) is 10.4. The molecular formula is C16H14N2S. The molecule has 0 saturated carbocycles. The first kappa shape index (κ1) is 12.1. The molecule has 0 bridgehead atoms. The highest BCUT2D eigenvalue weighted by Gasteiger charge is 2.00. The molecule has 19 heavy (non-hydrogen) atoms. The highest BCUT2D eigenvalue weighted by molar-refractivity contribution is 7.98. The molecule has 3 heteroatoms. The minimum absolute atomic E-state index is 0.580. The summed E-state index contributed by atoms with van der Waals surface area (Å²) in [6.45, 7) is 0. The van der Waals surface area contributed by atoms with Crippen LogP contribution in [0.15, 0.2) is 65.6 Å². The Labute approximate surface area is 116 Å². The Hall–Kier alpha value is -2.00. The Morgan fingerprint density at radius 3 is 2.58 bits per heavy atom. The SMILES string of the molecule is Nc1cccc(CSc2ccc3ccccc3c2)n1. The smallest absolute Gasteiger partial charge is 0.123 e. The molecule has 1 aromatic heterocycles. The zero-order valence-corrected chi connectivity index (χ0v) is 11.2. The summed E-state index contributed by atoms with van der Waals surface area (Å²) in [5.74, 6) is 1.42. The van der Waals surface area contributed by atoms with Crippen LogP contribution in [0.3, 0.4) is 0 Å². The lowest BCUT2D eigenvalue weighted by Gasteiger charge is -2.04. The van der Waals surface area contributed by atoms with Crippen molar-refractivity contribution >= 4 is 28.4 Å². The van der Waals surface area contributed by atoms with Gasteiger partial charge in [-0.05, 0) is 35.0 Å². The van der Waals surface area contributed by atoms with Crippen molar-refractivity contribution < 1.29 is 0 Å². The van der Waals surface area contributed by atoms with Crippen LogP contribution in [0, 0.1) is 0 Å². The van der Waals surface area contributed by atoms with Crippen LogP contribution >= 0.6 is 11.8 Å². The molecule has 0 unspecified atom stereocenters. The van der Waals surface area contributed by atoms with Gasteiger partial charge in [0.05, 0.1) is 5.69 Å². The summed E-state index contributed by atoms with van der Waals surface area (Å²) in [6, 6.07) is 20.7. The van der Waals surface area contributed by atoms with Gasteiger partial charge in [0.1, 0.15) is 5.82 Å². The fourth-order valence-electron chi connectivity index (χ4n) is 1.99. The highest BCUT2D eigenvalue weighted by atomic mass is 32.2. The summed E-state index contributed by atoms with van der Waals surface area (Å²) in [7, 11) is 0. The predicted octanol–water partition coefficient (Wildman–Crippen LogP) is 4.11. The summed E-state index contributed by atoms with van der Waals surface area (Å²) in [5.41, 5.74) is 6.69. The third kappa shape index (κ3) is 2.88. The maximum Gasteiger partial charge on any atom is 0.123 e. The molecule has 0 spiro atoms. The monoisotopic (exact) mass is 266 g/mol. The minimum atomic E-state index is 0.580. The lowest BCUT2D eigenvalue weighted by molar-refractivity contribution is 1.18. The first-order valence-corrected chi connectivity index (χ1v) is 7.13. The Bertz CT molecular complexity index is 710. The van der Waals surface area contributed by atoms with Crippen molar-refractivity contribution in [3.63, 3.8) is 0 Å². The fraction of sp³-hybridized carbons (Fsp3) is 0.0625. The third-order valence-electron chi connectivity index (χ3n) is 2.94. The topological polar surface area (TPSA) is 38.9 Å². The predicted molar refractivity (Wildman–Crippen MR) is 82.2 cm³/mol. The maximum atomic E-state index is 5.68. The normalized spacial score (nSPS) is 10.7. The molecule has 0 fully saturated rings. The number of rotatable bonds is 3. The molecule has 2 nitrogen and oxygen atoms in total. The quantitative estimate of drug-likeness (QED) is 0.725. The molecule has 0 aliphatic heterocycles. The van der Waals surface area contributed by atoms with Crippen molar-refractivity contribution in [2.45, 2.75) is 10.6 Å². The van der Waals surface area contributed by atoms with Crippen molar-refractivity contribution in [2.75, 3.05) is 5.73 Å². The second-order valence-electron chi connectivity index (χ2n) is 4.35. The molecule has 0 saturated heterocycles. The Morgan fingerprint density at radius 1 is 0.895 bits per heavy atom. The van der Waals surface area contributed by atoms with Crippen molar-refractivity contribution in [2.24, 2.45) is 0 Å². The molecule has 2 aromatic carbocycles. The van der Waals surface area contributed by atoms with Gasteiger partial charge in [0, 0.05) is 10.6 Å². The van der Waals surface area contributed by atoms with Crippen LogP contribution < -0.4 is 5.73 Å². The lowest BCUT2D eigenvalue weighted by atomic mass is 10.1. The Morgan fingerprint density at radius 2 is 1.74 bits per heavy atom. The molecule has 0 amide bonds. The van der Waals surface area contributed by atoms with Crippen LogP contribution in [-0.4, -0.2) is 4.98 Å². The second-order valence-corrected chi connectivity index (χ2v) is 5.40. The average Bonchev–Trinajstić information content (AvgIpc) is 2.45. The number of thioether (sulfide) groups is 1. The van der Waals surface area contributed by atoms with Gasteiger partial charge >= 0.3 is 0 Å². The number of aromatic nitrogens is 1. The van der Waals surface area contributed by atoms with Gasteiger partial charge in [-0.1, -0.05) is 36.4 Å². The summed E-state index contributed by atoms with van der Waals surface area (Å²) < 4.78 is 0. The Balaban J connectivity index is 1.78. The standard InChI is InChI=1S/C16H14N2S/c17-16-7-3-6-14(18-16)11-19-15-9-8-12-4-1-2-5-13(12)10-15/h1-10H,11H2,(H2,17,18). The van der Waals surface area contributed by atoms with Gasteiger partial charge in [-0.25, -0.2) is 4.98 Å². The Kier molecular flexibility index (Phi) is 3.38. The molecule has 0 atom stereocenters. The van der Waals surface area contributed by atoms with E-state index in [2.05, 4.69) is 47.4 Å². The number of hydrogen-bond acceptors (Lipinski definition) is 3. The van der Waals surface area contributed by atoms with Gasteiger partial charge < -0.3 is 5.73 Å². The zero-order chi connectivity index (χ0) is 13.1. The van der Waals surface area contributed by atoms with Gasteiger partial charge in [0.15, 0.2) is 0 Å². The first-order chi connectivity index (χ1) is 9.31. The molecule has 94 valence electrons. The van der Waals surface area contributed by atoms with E-state index in [-0.39, 0.29) is 0 Å². The second kappa shape index (κ2) is 5.33. The van der Waals surface area contributed by atoms with Crippen LogP contribution in [0.5, 0.6) is 0 Å². The molecule has 0 aliphatic carbocycles. The summed E-state index contributed by atoms with van der Waals surface area (Å²) in [5, 5.41) is 2.54. The van der Waals surface area contributed by atoms with E-state index in [1.54, 1.807) is 11.8 Å². The van der Waals surface area contributed by atoms with E-state index in [4.69, 9.17) is 5.73 Å². The molecule has 0 aliphatic rings. The van der Waals surface area contributed by atoms with E-state index in [1.807, 2.05) is 18.2 Å². The first-order valence-electron chi connectivity index (χ1n) is 6.14. The van der Waals surface area contributed by atoms with Gasteiger partial charge in [0.2, 0.25) is 0 Å². The third-order valence-corrected chi connectivity index (χ3v) is 3.96. The lowest BCUT2D eigenvalue weighted by Crippen LogP contribution is -1.93. The molecule has 3 aromatic rings. The van der Waals surface area contributed by atoms with Crippen molar-refractivity contribution in [3.05, 3.63) is 66.4 Å². The van der Waals surface area contributed by atoms with Crippen LogP contribution in [0.4, 0.5) is 5.82 Å². The van der Waals surface area contributed by atoms with E-state index in [9.17, 15) is 0 Å². The number of pyridine rings is 1. The number of anilines is 1. The van der Waals surface area contributed by atoms with E-state index in [0.29, 0.717) is 5.82 Å². The minimum Gasteiger partial charge on any atom is -0.384 e. The number of fused-ring (bicyclic) bond motifs is 1. The molecule has 1 heterocycles. The number of hydrogen-bond donors (Lipinski definition) is 1. The van der Waals surface area contributed by atoms with Crippen molar-refractivity contribution in [1.29, 1.82) is 0 Å². The number of nitrogen functional groups attached to an aromatic ring is 1. The molecule has 3 rings (SSSR count). The van der Waals surface area contributed by atoms with E-state index < -0.39 is 0 Å². The van der Waals surface area contributed by atoms with Gasteiger partial charge in [-0.3, -0.25) is 0 Å². The number of nitrogens with zero attached hydrogens (tertiary/aromatic N) is 1. The van der Waals surface area contributed by atoms with Crippen molar-refractivity contribution in [3.8, 4) is 0 Å². The van der Waals surface area contributed by atoms with Gasteiger partial charge in [-0.15, -0.1) is 11.8 Å². The largest absolute Gasteiger partial charge is 0.384 e. The van der Waals surface area contributed by atoms with Gasteiger partial charge in [-0.2, -0.15) is 0 Å². The summed E-state index contributed by atoms with van der Waals surface area (Å²) in [4.78, 5) is 5.56. The highest BCUT2D eigenvalue weighted by Crippen LogP contribution is 2.26. The van der Waals surface area contributed by atoms with Crippen molar-refractivity contribution in [1.82, 2.24) is 4.98 Å². The molecule has 0 radical (unpaired) electrons. The molecule has 2 N–H and O–H groups in total. The van der Waals surface area contributed by atoms with Gasteiger partial charge in [0.25, 0.3) is 0 Å². The molecular weight excluding hydrogens is 252 g/mol. The van der Waals surface area contributed by atoms with E-state index in [0.717, 1.165) is 11.4 Å². The van der Waals surface area contributed by atoms with E-state index >= 15 is 0 Å². The van der Waals surface area contributed by atoms with Crippen LogP contribution in [-0.2, 0) is 5.75 Å². The number of benzene rings is 2. The van der Waals surface area contributed by atoms with Crippen LogP contribution in [0.25, 0.3) is 10.8 Å². The van der Waals surface area contributed by atoms with E-state index in [1.165, 1.54) is 15.7 Å².